The maximum absolute atomic E-state index is 11.9. The molecule has 2 aromatic carbocycles. The molecule has 0 atom stereocenters. The van der Waals surface area contributed by atoms with Crippen LogP contribution >= 0.6 is 15.9 Å². The van der Waals surface area contributed by atoms with Crippen molar-refractivity contribution in [3.8, 4) is 5.75 Å². The van der Waals surface area contributed by atoms with Crippen molar-refractivity contribution in [2.75, 3.05) is 17.2 Å². The molecule has 2 rings (SSSR count). The first-order valence-electron chi connectivity index (χ1n) is 7.65. The molecule has 0 spiro atoms. The van der Waals surface area contributed by atoms with Gasteiger partial charge in [0, 0.05) is 22.3 Å². The summed E-state index contributed by atoms with van der Waals surface area (Å²) in [5, 5.41) is 5.54. The summed E-state index contributed by atoms with van der Waals surface area (Å²) < 4.78 is 6.36. The first-order chi connectivity index (χ1) is 11.6. The summed E-state index contributed by atoms with van der Waals surface area (Å²) in [5.74, 6) is 0.361. The average Bonchev–Trinajstić information content (AvgIpc) is 2.56. The van der Waals surface area contributed by atoms with Crippen LogP contribution in [0.5, 0.6) is 5.75 Å². The maximum atomic E-state index is 11.9. The third-order valence-corrected chi connectivity index (χ3v) is 3.64. The van der Waals surface area contributed by atoms with Crippen molar-refractivity contribution in [3.63, 3.8) is 0 Å². The molecule has 2 N–H and O–H groups in total. The van der Waals surface area contributed by atoms with Crippen molar-refractivity contribution >= 4 is 39.1 Å². The Morgan fingerprint density at radius 2 is 1.46 bits per heavy atom. The molecule has 0 radical (unpaired) electrons. The van der Waals surface area contributed by atoms with Gasteiger partial charge in [0.05, 0.1) is 0 Å². The number of anilines is 2. The van der Waals surface area contributed by atoms with Gasteiger partial charge in [-0.1, -0.05) is 22.9 Å². The summed E-state index contributed by atoms with van der Waals surface area (Å²) in [6.45, 7) is 1.88. The molecule has 6 heteroatoms. The molecule has 0 aliphatic rings. The fourth-order valence-electron chi connectivity index (χ4n) is 1.96. The van der Waals surface area contributed by atoms with E-state index in [-0.39, 0.29) is 18.4 Å². The van der Waals surface area contributed by atoms with Crippen LogP contribution in [0.4, 0.5) is 11.4 Å². The largest absolute Gasteiger partial charge is 0.484 e. The van der Waals surface area contributed by atoms with E-state index in [2.05, 4.69) is 26.6 Å². The van der Waals surface area contributed by atoms with Gasteiger partial charge >= 0.3 is 0 Å². The Kier molecular flexibility index (Phi) is 6.81. The summed E-state index contributed by atoms with van der Waals surface area (Å²) in [7, 11) is 0. The minimum Gasteiger partial charge on any atom is -0.484 e. The van der Waals surface area contributed by atoms with Crippen molar-refractivity contribution in [1.29, 1.82) is 0 Å². The molecule has 2 aromatic rings. The van der Waals surface area contributed by atoms with Crippen molar-refractivity contribution < 1.29 is 14.3 Å². The zero-order valence-corrected chi connectivity index (χ0v) is 14.9. The van der Waals surface area contributed by atoms with E-state index < -0.39 is 0 Å². The van der Waals surface area contributed by atoms with E-state index in [9.17, 15) is 9.59 Å². The predicted molar refractivity (Wildman–Crippen MR) is 98.2 cm³/mol. The third kappa shape index (κ3) is 6.04. The van der Waals surface area contributed by atoms with E-state index in [1.807, 2.05) is 19.1 Å². The molecule has 0 fully saturated rings. The quantitative estimate of drug-likeness (QED) is 0.743. The van der Waals surface area contributed by atoms with Crippen molar-refractivity contribution in [2.45, 2.75) is 19.8 Å². The summed E-state index contributed by atoms with van der Waals surface area (Å²) in [6.07, 6.45) is 1.30. The lowest BCUT2D eigenvalue weighted by atomic mass is 10.2. The van der Waals surface area contributed by atoms with Crippen molar-refractivity contribution in [1.82, 2.24) is 0 Å². The number of rotatable bonds is 7. The molecule has 0 bridgehead atoms. The van der Waals surface area contributed by atoms with Crippen LogP contribution in [0, 0.1) is 0 Å². The van der Waals surface area contributed by atoms with E-state index in [1.165, 1.54) is 0 Å². The van der Waals surface area contributed by atoms with Crippen LogP contribution in [0.25, 0.3) is 0 Å². The molecule has 24 heavy (non-hydrogen) atoms. The van der Waals surface area contributed by atoms with E-state index in [1.54, 1.807) is 36.4 Å². The van der Waals surface area contributed by atoms with Crippen LogP contribution in [0.1, 0.15) is 19.8 Å². The second-order valence-electron chi connectivity index (χ2n) is 5.17. The third-order valence-electron chi connectivity index (χ3n) is 3.11. The molecular formula is C18H19BrN2O3. The Bertz CT molecular complexity index is 684. The van der Waals surface area contributed by atoms with Gasteiger partial charge in [0.15, 0.2) is 6.61 Å². The van der Waals surface area contributed by atoms with Crippen LogP contribution in [-0.2, 0) is 9.59 Å². The number of ether oxygens (including phenoxy) is 1. The highest BCUT2D eigenvalue weighted by Crippen LogP contribution is 2.17. The topological polar surface area (TPSA) is 67.4 Å². The lowest BCUT2D eigenvalue weighted by Crippen LogP contribution is -2.20. The summed E-state index contributed by atoms with van der Waals surface area (Å²) in [6, 6.07) is 14.2. The summed E-state index contributed by atoms with van der Waals surface area (Å²) in [4.78, 5) is 23.4. The molecule has 2 amide bonds. The molecular weight excluding hydrogens is 372 g/mol. The number of nitrogens with one attached hydrogen (secondary N) is 2. The highest BCUT2D eigenvalue weighted by atomic mass is 79.9. The molecule has 0 unspecified atom stereocenters. The summed E-state index contributed by atoms with van der Waals surface area (Å²) in [5.41, 5.74) is 1.35. The molecule has 0 saturated carbocycles. The van der Waals surface area contributed by atoms with Gasteiger partial charge in [0.2, 0.25) is 5.91 Å². The van der Waals surface area contributed by atoms with Gasteiger partial charge in [-0.3, -0.25) is 9.59 Å². The standard InChI is InChI=1S/C18H19BrN2O3/c1-2-3-17(22)20-14-6-8-15(9-7-14)21-18(23)12-24-16-10-4-13(19)5-11-16/h4-11H,2-3,12H2,1H3,(H,20,22)(H,21,23). The lowest BCUT2D eigenvalue weighted by Gasteiger charge is -2.09. The molecule has 0 aliphatic carbocycles. The second-order valence-corrected chi connectivity index (χ2v) is 6.08. The lowest BCUT2D eigenvalue weighted by molar-refractivity contribution is -0.118. The Morgan fingerprint density at radius 1 is 0.917 bits per heavy atom. The number of hydrogen-bond donors (Lipinski definition) is 2. The second kappa shape index (κ2) is 9.08. The first-order valence-corrected chi connectivity index (χ1v) is 8.44. The van der Waals surface area contributed by atoms with Crippen LogP contribution in [0.15, 0.2) is 53.0 Å². The normalized spacial score (nSPS) is 10.1. The molecule has 5 nitrogen and oxygen atoms in total. The van der Waals surface area contributed by atoms with E-state index in [0.717, 1.165) is 10.9 Å². The highest BCUT2D eigenvalue weighted by Gasteiger charge is 2.05. The van der Waals surface area contributed by atoms with Gasteiger partial charge in [0.1, 0.15) is 5.75 Å². The number of amides is 2. The number of benzene rings is 2. The Morgan fingerprint density at radius 3 is 2.00 bits per heavy atom. The zero-order chi connectivity index (χ0) is 17.4. The van der Waals surface area contributed by atoms with Crippen LogP contribution in [0.2, 0.25) is 0 Å². The Hall–Kier alpha value is -2.34. The minimum absolute atomic E-state index is 0.0165. The maximum Gasteiger partial charge on any atom is 0.262 e. The number of carbonyl (C=O) groups is 2. The van der Waals surface area contributed by atoms with Crippen molar-refractivity contribution in [2.24, 2.45) is 0 Å². The van der Waals surface area contributed by atoms with E-state index >= 15 is 0 Å². The van der Waals surface area contributed by atoms with Gasteiger partial charge in [-0.15, -0.1) is 0 Å². The SMILES string of the molecule is CCCC(=O)Nc1ccc(NC(=O)COc2ccc(Br)cc2)cc1. The molecule has 0 heterocycles. The van der Waals surface area contributed by atoms with Crippen LogP contribution in [-0.4, -0.2) is 18.4 Å². The monoisotopic (exact) mass is 390 g/mol. The predicted octanol–water partition coefficient (Wildman–Crippen LogP) is 4.21. The Balaban J connectivity index is 1.81. The van der Waals surface area contributed by atoms with Gasteiger partial charge < -0.3 is 15.4 Å². The molecule has 0 saturated heterocycles. The minimum atomic E-state index is -0.249. The molecule has 0 aliphatic heterocycles. The Labute approximate surface area is 149 Å². The van der Waals surface area contributed by atoms with Crippen molar-refractivity contribution in [3.05, 3.63) is 53.0 Å². The number of hydrogen-bond acceptors (Lipinski definition) is 3. The van der Waals surface area contributed by atoms with Gasteiger partial charge in [-0.05, 0) is 55.0 Å². The average molecular weight is 391 g/mol. The number of halogens is 1. The fourth-order valence-corrected chi connectivity index (χ4v) is 2.23. The van der Waals surface area contributed by atoms with Gasteiger partial charge in [0.25, 0.3) is 5.91 Å². The van der Waals surface area contributed by atoms with Crippen LogP contribution in [0.3, 0.4) is 0 Å². The molecule has 126 valence electrons. The summed E-state index contributed by atoms with van der Waals surface area (Å²) >= 11 is 3.34. The van der Waals surface area contributed by atoms with Gasteiger partial charge in [-0.2, -0.15) is 0 Å². The fraction of sp³-hybridized carbons (Fsp3) is 0.222. The van der Waals surface area contributed by atoms with E-state index in [4.69, 9.17) is 4.74 Å². The van der Waals surface area contributed by atoms with Gasteiger partial charge in [-0.25, -0.2) is 0 Å². The highest BCUT2D eigenvalue weighted by molar-refractivity contribution is 9.10. The first kappa shape index (κ1) is 18.0. The van der Waals surface area contributed by atoms with Crippen LogP contribution < -0.4 is 15.4 Å². The molecule has 0 aromatic heterocycles. The smallest absolute Gasteiger partial charge is 0.262 e. The zero-order valence-electron chi connectivity index (χ0n) is 13.3. The number of carbonyl (C=O) groups excluding carboxylic acids is 2. The van der Waals surface area contributed by atoms with E-state index in [0.29, 0.717) is 23.5 Å².